The fourth-order valence-electron chi connectivity index (χ4n) is 4.57. The summed E-state index contributed by atoms with van der Waals surface area (Å²) in [6, 6.07) is 11.9. The molecule has 6 nitrogen and oxygen atoms in total. The molecule has 0 bridgehead atoms. The molecule has 1 saturated carbocycles. The van der Waals surface area contributed by atoms with Crippen molar-refractivity contribution in [2.75, 3.05) is 7.11 Å². The maximum Gasteiger partial charge on any atom is 0.255 e. The number of hydrogen-bond acceptors (Lipinski definition) is 5. The summed E-state index contributed by atoms with van der Waals surface area (Å²) >= 11 is 0. The number of nitrogens with zero attached hydrogens (tertiary/aromatic N) is 4. The standard InChI is InChI=1S/C25H24F2N4O2/c1-32-18-12-19(26)21(20(27)13-18)22-23(17-10-6-3-7-11-17)31-25(28-15-29-31)30-24(22)33-14-16-8-4-2-5-9-16/h2,4-5,8-9,12-13,15,17H,3,6-7,10-11,14H2,1H3. The summed E-state index contributed by atoms with van der Waals surface area (Å²) < 4.78 is 43.5. The Kier molecular flexibility index (Phi) is 5.90. The highest BCUT2D eigenvalue weighted by Crippen LogP contribution is 2.44. The van der Waals surface area contributed by atoms with E-state index in [9.17, 15) is 0 Å². The zero-order chi connectivity index (χ0) is 22.8. The molecule has 0 unspecified atom stereocenters. The normalized spacial score (nSPS) is 14.5. The van der Waals surface area contributed by atoms with E-state index in [4.69, 9.17) is 9.47 Å². The van der Waals surface area contributed by atoms with Gasteiger partial charge in [-0.1, -0.05) is 49.6 Å². The molecule has 4 aromatic rings. The second-order valence-electron chi connectivity index (χ2n) is 8.22. The highest BCUT2D eigenvalue weighted by molar-refractivity contribution is 5.75. The third-order valence-corrected chi connectivity index (χ3v) is 6.14. The van der Waals surface area contributed by atoms with Crippen LogP contribution in [0, 0.1) is 11.6 Å². The van der Waals surface area contributed by atoms with Gasteiger partial charge in [0.25, 0.3) is 5.78 Å². The topological polar surface area (TPSA) is 61.5 Å². The van der Waals surface area contributed by atoms with Crippen molar-refractivity contribution in [3.63, 3.8) is 0 Å². The summed E-state index contributed by atoms with van der Waals surface area (Å²) in [7, 11) is 1.37. The molecule has 1 fully saturated rings. The van der Waals surface area contributed by atoms with Crippen LogP contribution in [0.4, 0.5) is 8.78 Å². The van der Waals surface area contributed by atoms with Crippen LogP contribution in [-0.2, 0) is 6.61 Å². The van der Waals surface area contributed by atoms with Crippen LogP contribution in [0.1, 0.15) is 49.3 Å². The molecule has 1 aliphatic rings. The summed E-state index contributed by atoms with van der Waals surface area (Å²) in [6.45, 7) is 0.203. The lowest BCUT2D eigenvalue weighted by atomic mass is 9.83. The number of rotatable bonds is 6. The second-order valence-corrected chi connectivity index (χ2v) is 8.22. The van der Waals surface area contributed by atoms with E-state index in [2.05, 4.69) is 15.1 Å². The van der Waals surface area contributed by atoms with Crippen LogP contribution < -0.4 is 9.47 Å². The molecule has 0 saturated heterocycles. The smallest absolute Gasteiger partial charge is 0.255 e. The van der Waals surface area contributed by atoms with Gasteiger partial charge in [0.1, 0.15) is 30.3 Å². The molecule has 0 N–H and O–H groups in total. The molecule has 8 heteroatoms. The zero-order valence-electron chi connectivity index (χ0n) is 18.3. The SMILES string of the molecule is COc1cc(F)c(-c2c(OCc3ccccc3)nc3ncnn3c2C2CCCCC2)c(F)c1. The lowest BCUT2D eigenvalue weighted by Crippen LogP contribution is -2.15. The number of hydrogen-bond donors (Lipinski definition) is 0. The highest BCUT2D eigenvalue weighted by Gasteiger charge is 2.30. The van der Waals surface area contributed by atoms with Crippen LogP contribution >= 0.6 is 0 Å². The molecule has 2 aromatic heterocycles. The summed E-state index contributed by atoms with van der Waals surface area (Å²) in [5, 5.41) is 4.35. The Morgan fingerprint density at radius 2 is 1.73 bits per heavy atom. The van der Waals surface area contributed by atoms with Gasteiger partial charge >= 0.3 is 0 Å². The van der Waals surface area contributed by atoms with Gasteiger partial charge in [0.05, 0.1) is 23.9 Å². The second kappa shape index (κ2) is 9.13. The summed E-state index contributed by atoms with van der Waals surface area (Å²) in [4.78, 5) is 8.76. The summed E-state index contributed by atoms with van der Waals surface area (Å²) in [5.74, 6) is -0.834. The van der Waals surface area contributed by atoms with Crippen molar-refractivity contribution in [2.45, 2.75) is 44.6 Å². The quantitative estimate of drug-likeness (QED) is 0.377. The zero-order valence-corrected chi connectivity index (χ0v) is 18.3. The first-order valence-electron chi connectivity index (χ1n) is 11.1. The Morgan fingerprint density at radius 1 is 1.00 bits per heavy atom. The van der Waals surface area contributed by atoms with Gasteiger partial charge in [-0.3, -0.25) is 0 Å². The van der Waals surface area contributed by atoms with Crippen molar-refractivity contribution in [1.82, 2.24) is 19.6 Å². The number of halogens is 2. The van der Waals surface area contributed by atoms with Crippen LogP contribution in [0.25, 0.3) is 16.9 Å². The van der Waals surface area contributed by atoms with E-state index in [0.29, 0.717) is 11.5 Å². The molecule has 0 aliphatic heterocycles. The molecule has 33 heavy (non-hydrogen) atoms. The number of fused-ring (bicyclic) bond motifs is 1. The Labute approximate surface area is 190 Å². The van der Waals surface area contributed by atoms with Crippen molar-refractivity contribution in [3.05, 3.63) is 71.7 Å². The Bertz CT molecular complexity index is 1250. The van der Waals surface area contributed by atoms with Gasteiger partial charge in [-0.2, -0.15) is 15.1 Å². The molecule has 0 spiro atoms. The van der Waals surface area contributed by atoms with Crippen molar-refractivity contribution in [1.29, 1.82) is 0 Å². The predicted octanol–water partition coefficient (Wildman–Crippen LogP) is 5.70. The van der Waals surface area contributed by atoms with Gasteiger partial charge < -0.3 is 9.47 Å². The van der Waals surface area contributed by atoms with Gasteiger partial charge in [0, 0.05) is 18.1 Å². The summed E-state index contributed by atoms with van der Waals surface area (Å²) in [6.07, 6.45) is 6.40. The fraction of sp³-hybridized carbons (Fsp3) is 0.320. The first-order chi connectivity index (χ1) is 16.2. The predicted molar refractivity (Wildman–Crippen MR) is 119 cm³/mol. The van der Waals surface area contributed by atoms with E-state index in [1.807, 2.05) is 30.3 Å². The van der Waals surface area contributed by atoms with E-state index in [1.54, 1.807) is 4.52 Å². The minimum absolute atomic E-state index is 0.0564. The van der Waals surface area contributed by atoms with Crippen LogP contribution in [0.5, 0.6) is 11.6 Å². The van der Waals surface area contributed by atoms with E-state index >= 15 is 8.78 Å². The number of benzene rings is 2. The van der Waals surface area contributed by atoms with E-state index < -0.39 is 11.6 Å². The van der Waals surface area contributed by atoms with E-state index in [0.717, 1.165) is 37.7 Å². The number of aromatic nitrogens is 4. The molecule has 0 radical (unpaired) electrons. The molecule has 2 aromatic carbocycles. The van der Waals surface area contributed by atoms with Gasteiger partial charge in [-0.05, 0) is 18.4 Å². The Balaban J connectivity index is 1.73. The highest BCUT2D eigenvalue weighted by atomic mass is 19.1. The van der Waals surface area contributed by atoms with E-state index in [-0.39, 0.29) is 35.3 Å². The van der Waals surface area contributed by atoms with Crippen molar-refractivity contribution >= 4 is 5.78 Å². The molecule has 0 atom stereocenters. The average Bonchev–Trinajstić information content (AvgIpc) is 3.31. The van der Waals surface area contributed by atoms with Crippen LogP contribution in [0.15, 0.2) is 48.8 Å². The van der Waals surface area contributed by atoms with Crippen LogP contribution in [0.3, 0.4) is 0 Å². The number of methoxy groups -OCH3 is 1. The largest absolute Gasteiger partial charge is 0.497 e. The molecule has 0 amide bonds. The third kappa shape index (κ3) is 4.13. The fourth-order valence-corrected chi connectivity index (χ4v) is 4.57. The van der Waals surface area contributed by atoms with Gasteiger partial charge in [0.15, 0.2) is 0 Å². The molecular weight excluding hydrogens is 426 g/mol. The Hall–Kier alpha value is -3.55. The van der Waals surface area contributed by atoms with Crippen LogP contribution in [-0.4, -0.2) is 26.7 Å². The van der Waals surface area contributed by atoms with Gasteiger partial charge in [-0.15, -0.1) is 0 Å². The third-order valence-electron chi connectivity index (χ3n) is 6.14. The minimum Gasteiger partial charge on any atom is -0.497 e. The maximum absolute atomic E-state index is 15.4. The van der Waals surface area contributed by atoms with Gasteiger partial charge in [-0.25, -0.2) is 13.3 Å². The molecule has 170 valence electrons. The average molecular weight is 450 g/mol. The van der Waals surface area contributed by atoms with Crippen molar-refractivity contribution < 1.29 is 18.3 Å². The lowest BCUT2D eigenvalue weighted by molar-refractivity contribution is 0.293. The molecular formula is C25H24F2N4O2. The van der Waals surface area contributed by atoms with Crippen molar-refractivity contribution in [3.8, 4) is 22.8 Å². The maximum atomic E-state index is 15.4. The van der Waals surface area contributed by atoms with Crippen molar-refractivity contribution in [2.24, 2.45) is 0 Å². The summed E-state index contributed by atoms with van der Waals surface area (Å²) in [5.41, 5.74) is 1.70. The minimum atomic E-state index is -0.741. The number of ether oxygens (including phenoxy) is 2. The first kappa shape index (κ1) is 21.3. The van der Waals surface area contributed by atoms with Crippen LogP contribution in [0.2, 0.25) is 0 Å². The molecule has 5 rings (SSSR count). The molecule has 1 aliphatic carbocycles. The van der Waals surface area contributed by atoms with E-state index in [1.165, 1.54) is 25.6 Å². The Morgan fingerprint density at radius 3 is 2.42 bits per heavy atom. The monoisotopic (exact) mass is 450 g/mol. The molecule has 2 heterocycles. The first-order valence-corrected chi connectivity index (χ1v) is 11.1. The van der Waals surface area contributed by atoms with Gasteiger partial charge in [0.2, 0.25) is 5.88 Å². The lowest BCUT2D eigenvalue weighted by Gasteiger charge is -2.26.